The molecule has 0 fully saturated rings. The molecule has 3 rings (SSSR count). The third-order valence-corrected chi connectivity index (χ3v) is 3.95. The number of carbonyl (C=O) groups is 2. The average Bonchev–Trinajstić information content (AvgIpc) is 3.27. The normalized spacial score (nSPS) is 11.0. The summed E-state index contributed by atoms with van der Waals surface area (Å²) >= 11 is 0. The highest BCUT2D eigenvalue weighted by Gasteiger charge is 2.11. The van der Waals surface area contributed by atoms with Gasteiger partial charge in [-0.15, -0.1) is 0 Å². The summed E-state index contributed by atoms with van der Waals surface area (Å²) in [5, 5.41) is 17.4. The van der Waals surface area contributed by atoms with Crippen LogP contribution in [0.5, 0.6) is 0 Å². The third kappa shape index (κ3) is 4.92. The van der Waals surface area contributed by atoms with Crippen LogP contribution < -0.4 is 10.7 Å². The lowest BCUT2D eigenvalue weighted by molar-refractivity contribution is -0.384. The Hall–Kier alpha value is -4.27. The van der Waals surface area contributed by atoms with Crippen LogP contribution in [0.3, 0.4) is 0 Å². The number of carbonyl (C=O) groups excluding carboxylic acids is 2. The minimum atomic E-state index is -0.540. The first-order valence-corrected chi connectivity index (χ1v) is 8.48. The van der Waals surface area contributed by atoms with Gasteiger partial charge in [0.1, 0.15) is 0 Å². The molecule has 9 nitrogen and oxygen atoms in total. The molecular weight excluding hydrogens is 376 g/mol. The van der Waals surface area contributed by atoms with Gasteiger partial charge in [-0.2, -0.15) is 5.10 Å². The number of furan rings is 1. The number of nitro benzene ring substituents is 1. The molecule has 3 aromatic rings. The summed E-state index contributed by atoms with van der Waals surface area (Å²) in [6.45, 7) is 1.70. The van der Waals surface area contributed by atoms with E-state index < -0.39 is 10.8 Å². The molecule has 0 spiro atoms. The van der Waals surface area contributed by atoms with Crippen molar-refractivity contribution in [1.82, 2.24) is 5.43 Å². The largest absolute Gasteiger partial charge is 0.459 e. The molecule has 2 N–H and O–H groups in total. The second-order valence-corrected chi connectivity index (χ2v) is 5.95. The molecule has 9 heteroatoms. The fourth-order valence-corrected chi connectivity index (χ4v) is 2.42. The van der Waals surface area contributed by atoms with Gasteiger partial charge in [-0.25, -0.2) is 5.43 Å². The number of rotatable bonds is 6. The summed E-state index contributed by atoms with van der Waals surface area (Å²) in [7, 11) is 0. The third-order valence-electron chi connectivity index (χ3n) is 3.95. The monoisotopic (exact) mass is 392 g/mol. The van der Waals surface area contributed by atoms with Crippen molar-refractivity contribution >= 4 is 28.9 Å². The number of anilines is 1. The highest BCUT2D eigenvalue weighted by molar-refractivity contribution is 6.04. The Bertz CT molecular complexity index is 1070. The minimum absolute atomic E-state index is 0.102. The first-order valence-electron chi connectivity index (χ1n) is 8.48. The van der Waals surface area contributed by atoms with Gasteiger partial charge in [0, 0.05) is 23.4 Å². The predicted octanol–water partition coefficient (Wildman–Crippen LogP) is 3.59. The molecule has 1 heterocycles. The number of nitrogens with one attached hydrogen (secondary N) is 2. The lowest BCUT2D eigenvalue weighted by Crippen LogP contribution is -2.19. The number of non-ortho nitro benzene ring substituents is 1. The number of hydrogen-bond acceptors (Lipinski definition) is 6. The lowest BCUT2D eigenvalue weighted by Gasteiger charge is -2.07. The van der Waals surface area contributed by atoms with Crippen molar-refractivity contribution in [2.45, 2.75) is 6.92 Å². The van der Waals surface area contributed by atoms with Crippen LogP contribution in [0, 0.1) is 10.1 Å². The van der Waals surface area contributed by atoms with E-state index in [9.17, 15) is 19.7 Å². The maximum atomic E-state index is 12.1. The summed E-state index contributed by atoms with van der Waals surface area (Å²) in [4.78, 5) is 34.3. The van der Waals surface area contributed by atoms with E-state index >= 15 is 0 Å². The number of hydrogen-bond donors (Lipinski definition) is 2. The van der Waals surface area contributed by atoms with Crippen LogP contribution in [0.2, 0.25) is 0 Å². The van der Waals surface area contributed by atoms with E-state index in [-0.39, 0.29) is 22.9 Å². The van der Waals surface area contributed by atoms with E-state index in [1.54, 1.807) is 43.3 Å². The van der Waals surface area contributed by atoms with Crippen LogP contribution in [0.25, 0.3) is 0 Å². The van der Waals surface area contributed by atoms with E-state index in [1.807, 2.05) is 0 Å². The number of nitrogens with zero attached hydrogens (tertiary/aromatic N) is 2. The van der Waals surface area contributed by atoms with Crippen molar-refractivity contribution in [3.05, 3.63) is 93.9 Å². The van der Waals surface area contributed by atoms with Gasteiger partial charge in [0.15, 0.2) is 5.76 Å². The highest BCUT2D eigenvalue weighted by atomic mass is 16.6. The van der Waals surface area contributed by atoms with Crippen molar-refractivity contribution in [3.63, 3.8) is 0 Å². The van der Waals surface area contributed by atoms with Gasteiger partial charge in [0.2, 0.25) is 0 Å². The Morgan fingerprint density at radius 1 is 1.00 bits per heavy atom. The molecular formula is C20H16N4O5. The number of nitro groups is 1. The fourth-order valence-electron chi connectivity index (χ4n) is 2.42. The van der Waals surface area contributed by atoms with Crippen LogP contribution in [0.4, 0.5) is 11.4 Å². The second-order valence-electron chi connectivity index (χ2n) is 5.95. The van der Waals surface area contributed by atoms with Gasteiger partial charge in [-0.1, -0.05) is 12.1 Å². The van der Waals surface area contributed by atoms with Crippen LogP contribution in [-0.4, -0.2) is 22.4 Å². The second kappa shape index (κ2) is 8.61. The van der Waals surface area contributed by atoms with Crippen LogP contribution in [0.1, 0.15) is 33.4 Å². The summed E-state index contributed by atoms with van der Waals surface area (Å²) in [5.74, 6) is -0.689. The first-order chi connectivity index (χ1) is 13.9. The molecule has 146 valence electrons. The SMILES string of the molecule is CC(=NNC(=O)c1ccc([N+](=O)[O-])cc1)c1cccc(NC(=O)c2ccco2)c1. The molecule has 2 amide bonds. The van der Waals surface area contributed by atoms with Gasteiger partial charge < -0.3 is 9.73 Å². The number of benzene rings is 2. The van der Waals surface area contributed by atoms with Crippen molar-refractivity contribution in [1.29, 1.82) is 0 Å². The Morgan fingerprint density at radius 3 is 2.41 bits per heavy atom. The number of hydrazone groups is 1. The van der Waals surface area contributed by atoms with Crippen molar-refractivity contribution < 1.29 is 18.9 Å². The lowest BCUT2D eigenvalue weighted by atomic mass is 10.1. The molecule has 0 saturated heterocycles. The van der Waals surface area contributed by atoms with E-state index in [1.165, 1.54) is 30.5 Å². The maximum Gasteiger partial charge on any atom is 0.291 e. The van der Waals surface area contributed by atoms with E-state index in [0.29, 0.717) is 17.0 Å². The Labute approximate surface area is 165 Å². The molecule has 0 aliphatic rings. The zero-order chi connectivity index (χ0) is 20.8. The summed E-state index contributed by atoms with van der Waals surface area (Å²) < 4.78 is 5.05. The molecule has 1 aromatic heterocycles. The molecule has 2 aromatic carbocycles. The smallest absolute Gasteiger partial charge is 0.291 e. The topological polar surface area (TPSA) is 127 Å². The molecule has 0 aliphatic carbocycles. The van der Waals surface area contributed by atoms with Gasteiger partial charge in [0.05, 0.1) is 16.9 Å². The Kier molecular flexibility index (Phi) is 5.79. The van der Waals surface area contributed by atoms with Gasteiger partial charge in [-0.3, -0.25) is 19.7 Å². The van der Waals surface area contributed by atoms with Crippen LogP contribution in [-0.2, 0) is 0 Å². The molecule has 0 bridgehead atoms. The summed E-state index contributed by atoms with van der Waals surface area (Å²) in [6.07, 6.45) is 1.41. The van der Waals surface area contributed by atoms with Crippen LogP contribution in [0.15, 0.2) is 76.4 Å². The quantitative estimate of drug-likeness (QED) is 0.376. The zero-order valence-electron chi connectivity index (χ0n) is 15.3. The first kappa shape index (κ1) is 19.5. The Morgan fingerprint density at radius 2 is 1.76 bits per heavy atom. The molecule has 0 aliphatic heterocycles. The van der Waals surface area contributed by atoms with Crippen molar-refractivity contribution in [3.8, 4) is 0 Å². The standard InChI is InChI=1S/C20H16N4O5/c1-13(22-23-19(25)14-7-9-17(10-8-14)24(27)28)15-4-2-5-16(12-15)21-20(26)18-6-3-11-29-18/h2-12H,1H3,(H,21,26)(H,23,25). The van der Waals surface area contributed by atoms with Crippen LogP contribution >= 0.6 is 0 Å². The maximum absolute atomic E-state index is 12.1. The molecule has 0 atom stereocenters. The fraction of sp³-hybridized carbons (Fsp3) is 0.0500. The van der Waals surface area contributed by atoms with Crippen molar-refractivity contribution in [2.24, 2.45) is 5.10 Å². The summed E-state index contributed by atoms with van der Waals surface area (Å²) in [6, 6.07) is 15.3. The molecule has 29 heavy (non-hydrogen) atoms. The van der Waals surface area contributed by atoms with E-state index in [4.69, 9.17) is 4.42 Å². The van der Waals surface area contributed by atoms with Gasteiger partial charge >= 0.3 is 0 Å². The average molecular weight is 392 g/mol. The number of amides is 2. The van der Waals surface area contributed by atoms with Gasteiger partial charge in [-0.05, 0) is 48.9 Å². The molecule has 0 saturated carbocycles. The van der Waals surface area contributed by atoms with Gasteiger partial charge in [0.25, 0.3) is 17.5 Å². The Balaban J connectivity index is 1.67. The minimum Gasteiger partial charge on any atom is -0.459 e. The molecule has 0 radical (unpaired) electrons. The predicted molar refractivity (Wildman–Crippen MR) is 106 cm³/mol. The molecule has 0 unspecified atom stereocenters. The summed E-state index contributed by atoms with van der Waals surface area (Å²) in [5.41, 5.74) is 4.28. The highest BCUT2D eigenvalue weighted by Crippen LogP contribution is 2.14. The zero-order valence-corrected chi connectivity index (χ0v) is 15.3. The van der Waals surface area contributed by atoms with E-state index in [2.05, 4.69) is 15.8 Å². The van der Waals surface area contributed by atoms with Crippen molar-refractivity contribution in [2.75, 3.05) is 5.32 Å². The van der Waals surface area contributed by atoms with E-state index in [0.717, 1.165) is 0 Å².